The maximum atomic E-state index is 12.7. The summed E-state index contributed by atoms with van der Waals surface area (Å²) in [6.07, 6.45) is 0. The van der Waals surface area contributed by atoms with E-state index in [4.69, 9.17) is 9.15 Å². The Balaban J connectivity index is 1.46. The molecular weight excluding hydrogens is 452 g/mol. The van der Waals surface area contributed by atoms with Crippen LogP contribution >= 0.6 is 11.8 Å². The lowest BCUT2D eigenvalue weighted by Gasteiger charge is -2.08. The zero-order chi connectivity index (χ0) is 24.1. The lowest BCUT2D eigenvalue weighted by molar-refractivity contribution is -0.385. The summed E-state index contributed by atoms with van der Waals surface area (Å²) in [5.74, 6) is 0.773. The summed E-state index contributed by atoms with van der Waals surface area (Å²) in [5, 5.41) is 14.1. The van der Waals surface area contributed by atoms with Gasteiger partial charge < -0.3 is 14.5 Å². The lowest BCUT2D eigenvalue weighted by Crippen LogP contribution is -2.11. The van der Waals surface area contributed by atoms with Gasteiger partial charge in [0.1, 0.15) is 18.1 Å². The molecule has 34 heavy (non-hydrogen) atoms. The molecule has 0 spiro atoms. The average molecular weight is 475 g/mol. The molecule has 0 saturated carbocycles. The van der Waals surface area contributed by atoms with Crippen LogP contribution in [0.5, 0.6) is 5.75 Å². The van der Waals surface area contributed by atoms with Crippen molar-refractivity contribution in [3.8, 4) is 5.75 Å². The number of rotatable bonds is 8. The molecule has 1 heterocycles. The quantitative estimate of drug-likeness (QED) is 0.223. The van der Waals surface area contributed by atoms with Crippen LogP contribution in [0.15, 0.2) is 93.1 Å². The maximum absolute atomic E-state index is 12.7. The third kappa shape index (κ3) is 6.05. The second-order valence-electron chi connectivity index (χ2n) is 7.71. The maximum Gasteiger partial charge on any atom is 0.291 e. The summed E-state index contributed by atoms with van der Waals surface area (Å²) >= 11 is 1.38. The van der Waals surface area contributed by atoms with Crippen LogP contribution in [-0.4, -0.2) is 10.8 Å². The third-order valence-corrected chi connectivity index (χ3v) is 5.85. The average Bonchev–Trinajstić information content (AvgIpc) is 3.28. The van der Waals surface area contributed by atoms with Gasteiger partial charge >= 0.3 is 0 Å². The predicted molar refractivity (Wildman–Crippen MR) is 131 cm³/mol. The monoisotopic (exact) mass is 474 g/mol. The molecule has 0 bridgehead atoms. The predicted octanol–water partition coefficient (Wildman–Crippen LogP) is 6.79. The molecule has 7 nitrogen and oxygen atoms in total. The molecule has 0 aliphatic carbocycles. The lowest BCUT2D eigenvalue weighted by atomic mass is 10.2. The summed E-state index contributed by atoms with van der Waals surface area (Å²) in [5.41, 5.74) is 2.40. The van der Waals surface area contributed by atoms with E-state index in [-0.39, 0.29) is 18.1 Å². The van der Waals surface area contributed by atoms with Gasteiger partial charge in [0.25, 0.3) is 11.6 Å². The van der Waals surface area contributed by atoms with Gasteiger partial charge in [0.15, 0.2) is 5.76 Å². The number of carbonyl (C=O) groups excluding carboxylic acids is 1. The van der Waals surface area contributed by atoms with Crippen molar-refractivity contribution in [1.82, 2.24) is 0 Å². The summed E-state index contributed by atoms with van der Waals surface area (Å²) in [6.45, 7) is 4.13. The number of non-ortho nitro benzene ring substituents is 1. The number of nitro groups is 1. The number of hydrogen-bond donors (Lipinski definition) is 1. The van der Waals surface area contributed by atoms with Gasteiger partial charge in [0.05, 0.1) is 4.92 Å². The van der Waals surface area contributed by atoms with E-state index in [1.165, 1.54) is 23.9 Å². The van der Waals surface area contributed by atoms with Crippen LogP contribution < -0.4 is 10.1 Å². The highest BCUT2D eigenvalue weighted by atomic mass is 32.2. The summed E-state index contributed by atoms with van der Waals surface area (Å²) < 4.78 is 11.3. The van der Waals surface area contributed by atoms with Crippen LogP contribution in [0.4, 0.5) is 11.4 Å². The molecule has 1 aromatic heterocycles. The van der Waals surface area contributed by atoms with Crippen molar-refractivity contribution in [3.05, 3.63) is 112 Å². The molecule has 4 rings (SSSR count). The van der Waals surface area contributed by atoms with E-state index in [0.29, 0.717) is 22.1 Å². The number of hydrogen-bond acceptors (Lipinski definition) is 6. The number of nitro benzene ring substituents is 1. The topological polar surface area (TPSA) is 94.6 Å². The van der Waals surface area contributed by atoms with Gasteiger partial charge in [-0.25, -0.2) is 0 Å². The first kappa shape index (κ1) is 23.1. The van der Waals surface area contributed by atoms with Crippen LogP contribution in [0.3, 0.4) is 0 Å². The number of aryl methyl sites for hydroxylation is 2. The fourth-order valence-electron chi connectivity index (χ4n) is 3.19. The minimum atomic E-state index is -0.506. The first-order chi connectivity index (χ1) is 16.4. The molecule has 0 saturated heterocycles. The van der Waals surface area contributed by atoms with E-state index in [1.807, 2.05) is 62.4 Å². The van der Waals surface area contributed by atoms with Crippen LogP contribution in [0.1, 0.15) is 27.4 Å². The number of nitrogens with one attached hydrogen (secondary N) is 1. The highest BCUT2D eigenvalue weighted by Gasteiger charge is 2.16. The minimum Gasteiger partial charge on any atom is -0.486 e. The third-order valence-electron chi connectivity index (χ3n) is 4.87. The Morgan fingerprint density at radius 1 is 0.971 bits per heavy atom. The van der Waals surface area contributed by atoms with Crippen molar-refractivity contribution in [3.63, 3.8) is 0 Å². The van der Waals surface area contributed by atoms with E-state index >= 15 is 0 Å². The Hall–Kier alpha value is -4.04. The first-order valence-electron chi connectivity index (χ1n) is 10.5. The van der Waals surface area contributed by atoms with Gasteiger partial charge in [-0.15, -0.1) is 0 Å². The molecule has 8 heteroatoms. The highest BCUT2D eigenvalue weighted by molar-refractivity contribution is 7.99. The van der Waals surface area contributed by atoms with Gasteiger partial charge in [-0.1, -0.05) is 41.6 Å². The molecule has 3 aromatic carbocycles. The van der Waals surface area contributed by atoms with E-state index < -0.39 is 10.8 Å². The standard InChI is InChI=1S/C26H22N2O5S/c1-17-6-9-23(10-7-17)34-24-14-19(13-20(15-24)28(30)31)27-26(29)25-11-8-22(33-25)16-32-21-5-3-4-18(2)12-21/h3-15H,16H2,1-2H3,(H,27,29). The molecule has 0 fully saturated rings. The number of carbonyl (C=O) groups is 1. The van der Waals surface area contributed by atoms with Gasteiger partial charge in [-0.05, 0) is 61.9 Å². The van der Waals surface area contributed by atoms with Crippen molar-refractivity contribution < 1.29 is 18.9 Å². The van der Waals surface area contributed by atoms with Gasteiger partial charge in [-0.2, -0.15) is 0 Å². The summed E-state index contributed by atoms with van der Waals surface area (Å²) in [7, 11) is 0. The molecule has 0 unspecified atom stereocenters. The summed E-state index contributed by atoms with van der Waals surface area (Å²) in [4.78, 5) is 25.2. The van der Waals surface area contributed by atoms with Gasteiger partial charge in [0, 0.05) is 27.6 Å². The Morgan fingerprint density at radius 3 is 2.50 bits per heavy atom. The SMILES string of the molecule is Cc1ccc(Sc2cc(NC(=O)c3ccc(COc4cccc(C)c4)o3)cc([N+](=O)[O-])c2)cc1. The summed E-state index contributed by atoms with van der Waals surface area (Å²) in [6, 6.07) is 23.2. The second kappa shape index (κ2) is 10.3. The second-order valence-corrected chi connectivity index (χ2v) is 8.86. The zero-order valence-corrected chi connectivity index (χ0v) is 19.4. The van der Waals surface area contributed by atoms with Crippen molar-refractivity contribution >= 4 is 29.0 Å². The fourth-order valence-corrected chi connectivity index (χ4v) is 4.10. The molecule has 1 N–H and O–H groups in total. The number of anilines is 1. The van der Waals surface area contributed by atoms with Crippen LogP contribution in [-0.2, 0) is 6.61 Å². The largest absolute Gasteiger partial charge is 0.486 e. The molecule has 1 amide bonds. The molecule has 0 aliphatic rings. The van der Waals surface area contributed by atoms with E-state index in [1.54, 1.807) is 18.2 Å². The number of amides is 1. The number of ether oxygens (including phenoxy) is 1. The van der Waals surface area contributed by atoms with Crippen molar-refractivity contribution in [2.24, 2.45) is 0 Å². The van der Waals surface area contributed by atoms with E-state index in [9.17, 15) is 14.9 Å². The number of furan rings is 1. The number of nitrogens with zero attached hydrogens (tertiary/aromatic N) is 1. The van der Waals surface area contributed by atoms with Crippen LogP contribution in [0.25, 0.3) is 0 Å². The molecule has 0 atom stereocenters. The molecule has 172 valence electrons. The Morgan fingerprint density at radius 2 is 1.76 bits per heavy atom. The van der Waals surface area contributed by atoms with Crippen molar-refractivity contribution in [2.45, 2.75) is 30.2 Å². The van der Waals surface area contributed by atoms with Crippen molar-refractivity contribution in [2.75, 3.05) is 5.32 Å². The Kier molecular flexibility index (Phi) is 6.98. The van der Waals surface area contributed by atoms with E-state index in [2.05, 4.69) is 5.32 Å². The molecule has 0 radical (unpaired) electrons. The van der Waals surface area contributed by atoms with Crippen LogP contribution in [0, 0.1) is 24.0 Å². The van der Waals surface area contributed by atoms with Gasteiger partial charge in [-0.3, -0.25) is 14.9 Å². The normalized spacial score (nSPS) is 10.6. The molecular formula is C26H22N2O5S. The smallest absolute Gasteiger partial charge is 0.291 e. The minimum absolute atomic E-state index is 0.0853. The first-order valence-corrected chi connectivity index (χ1v) is 11.3. The van der Waals surface area contributed by atoms with Crippen molar-refractivity contribution in [1.29, 1.82) is 0 Å². The van der Waals surface area contributed by atoms with Crippen LogP contribution in [0.2, 0.25) is 0 Å². The Labute approximate surface area is 200 Å². The highest BCUT2D eigenvalue weighted by Crippen LogP contribution is 2.33. The Bertz CT molecular complexity index is 1330. The fraction of sp³-hybridized carbons (Fsp3) is 0.115. The molecule has 4 aromatic rings. The number of benzene rings is 3. The zero-order valence-electron chi connectivity index (χ0n) is 18.6. The van der Waals surface area contributed by atoms with Gasteiger partial charge in [0.2, 0.25) is 0 Å². The van der Waals surface area contributed by atoms with E-state index in [0.717, 1.165) is 16.0 Å². The molecule has 0 aliphatic heterocycles.